The lowest BCUT2D eigenvalue weighted by atomic mass is 10.6. The maximum atomic E-state index is 10.1. The van der Waals surface area contributed by atoms with E-state index in [4.69, 9.17) is 5.11 Å². The van der Waals surface area contributed by atoms with E-state index in [0.29, 0.717) is 13.1 Å². The summed E-state index contributed by atoms with van der Waals surface area (Å²) in [5.41, 5.74) is 0. The fourth-order valence-electron chi connectivity index (χ4n) is 0.939. The maximum Gasteiger partial charge on any atom is 0.404 e. The molecule has 72 valence electrons. The highest BCUT2D eigenvalue weighted by Crippen LogP contribution is 2.10. The molecule has 0 bridgehead atoms. The van der Waals surface area contributed by atoms with Gasteiger partial charge in [-0.25, -0.2) is 9.78 Å². The van der Waals surface area contributed by atoms with Crippen LogP contribution >= 0.6 is 11.8 Å². The van der Waals surface area contributed by atoms with Gasteiger partial charge in [0.2, 0.25) is 0 Å². The highest BCUT2D eigenvalue weighted by molar-refractivity contribution is 7.98. The lowest BCUT2D eigenvalue weighted by Gasteiger charge is -2.04. The average molecular weight is 201 g/mol. The van der Waals surface area contributed by atoms with Crippen LogP contribution in [0.2, 0.25) is 0 Å². The Bertz CT molecular complexity index is 287. The Hall–Kier alpha value is -1.17. The van der Waals surface area contributed by atoms with Crippen molar-refractivity contribution in [3.63, 3.8) is 0 Å². The van der Waals surface area contributed by atoms with Gasteiger partial charge in [-0.1, -0.05) is 11.8 Å². The number of rotatable bonds is 4. The molecule has 6 heteroatoms. The molecule has 0 aliphatic heterocycles. The fraction of sp³-hybridized carbons (Fsp3) is 0.429. The minimum Gasteiger partial charge on any atom is -0.465 e. The molecule has 2 N–H and O–H groups in total. The molecule has 1 heterocycles. The summed E-state index contributed by atoms with van der Waals surface area (Å²) in [6.45, 7) is 1.02. The molecule has 0 spiro atoms. The predicted molar refractivity (Wildman–Crippen MR) is 50.0 cm³/mol. The number of nitrogens with zero attached hydrogens (tertiary/aromatic N) is 2. The molecule has 0 aromatic carbocycles. The van der Waals surface area contributed by atoms with Crippen molar-refractivity contribution in [3.8, 4) is 0 Å². The van der Waals surface area contributed by atoms with E-state index in [0.717, 1.165) is 5.16 Å². The third kappa shape index (κ3) is 2.98. The summed E-state index contributed by atoms with van der Waals surface area (Å²) in [5, 5.41) is 11.5. The van der Waals surface area contributed by atoms with E-state index in [-0.39, 0.29) is 0 Å². The van der Waals surface area contributed by atoms with E-state index in [1.807, 2.05) is 17.0 Å². The van der Waals surface area contributed by atoms with Crippen molar-refractivity contribution in [1.82, 2.24) is 14.9 Å². The van der Waals surface area contributed by atoms with Crippen LogP contribution < -0.4 is 5.32 Å². The molecule has 0 saturated carbocycles. The SMILES string of the molecule is CSc1nccn1CCNC(=O)O. The minimum atomic E-state index is -0.995. The van der Waals surface area contributed by atoms with Crippen LogP contribution in [0, 0.1) is 0 Å². The molecule has 0 aliphatic rings. The molecule has 0 radical (unpaired) electrons. The number of aromatic nitrogens is 2. The van der Waals surface area contributed by atoms with Gasteiger partial charge in [0.15, 0.2) is 5.16 Å². The second kappa shape index (κ2) is 4.76. The van der Waals surface area contributed by atoms with Crippen LogP contribution in [0.5, 0.6) is 0 Å². The Labute approximate surface area is 80.2 Å². The van der Waals surface area contributed by atoms with Gasteiger partial charge in [-0.3, -0.25) is 0 Å². The Morgan fingerprint density at radius 2 is 2.62 bits per heavy atom. The number of nitrogens with one attached hydrogen (secondary N) is 1. The van der Waals surface area contributed by atoms with E-state index in [1.165, 1.54) is 11.8 Å². The zero-order chi connectivity index (χ0) is 9.68. The molecule has 1 rings (SSSR count). The van der Waals surface area contributed by atoms with Gasteiger partial charge >= 0.3 is 6.09 Å². The maximum absolute atomic E-state index is 10.1. The summed E-state index contributed by atoms with van der Waals surface area (Å²) < 4.78 is 1.90. The van der Waals surface area contributed by atoms with Gasteiger partial charge in [0.05, 0.1) is 0 Å². The molecule has 13 heavy (non-hydrogen) atoms. The van der Waals surface area contributed by atoms with Crippen LogP contribution in [0.3, 0.4) is 0 Å². The number of carboxylic acid groups (broad SMARTS) is 1. The highest BCUT2D eigenvalue weighted by atomic mass is 32.2. The zero-order valence-corrected chi connectivity index (χ0v) is 8.04. The van der Waals surface area contributed by atoms with Gasteiger partial charge in [0, 0.05) is 25.5 Å². The van der Waals surface area contributed by atoms with Crippen molar-refractivity contribution in [2.45, 2.75) is 11.7 Å². The Balaban J connectivity index is 2.40. The number of imidazole rings is 1. The fourth-order valence-corrected chi connectivity index (χ4v) is 1.49. The summed E-state index contributed by atoms with van der Waals surface area (Å²) in [4.78, 5) is 14.2. The van der Waals surface area contributed by atoms with E-state index in [2.05, 4.69) is 10.3 Å². The lowest BCUT2D eigenvalue weighted by molar-refractivity contribution is 0.194. The molecule has 0 fully saturated rings. The van der Waals surface area contributed by atoms with Crippen molar-refractivity contribution >= 4 is 17.9 Å². The predicted octanol–water partition coefficient (Wildman–Crippen LogP) is 0.873. The van der Waals surface area contributed by atoms with Gasteiger partial charge < -0.3 is 15.0 Å². The first kappa shape index (κ1) is 9.91. The Morgan fingerprint density at radius 3 is 3.23 bits per heavy atom. The molecule has 1 aromatic rings. The summed E-state index contributed by atoms with van der Waals surface area (Å²) in [6, 6.07) is 0. The molecule has 0 saturated heterocycles. The third-order valence-corrected chi connectivity index (χ3v) is 2.19. The first-order chi connectivity index (χ1) is 6.24. The summed E-state index contributed by atoms with van der Waals surface area (Å²) in [6.07, 6.45) is 4.47. The number of hydrogen-bond donors (Lipinski definition) is 2. The van der Waals surface area contributed by atoms with Crippen molar-refractivity contribution < 1.29 is 9.90 Å². The van der Waals surface area contributed by atoms with Crippen LogP contribution in [-0.4, -0.2) is 33.6 Å². The Kier molecular flexibility index (Phi) is 3.63. The van der Waals surface area contributed by atoms with Crippen LogP contribution in [0.1, 0.15) is 0 Å². The minimum absolute atomic E-state index is 0.402. The molecular weight excluding hydrogens is 190 g/mol. The van der Waals surface area contributed by atoms with E-state index in [1.54, 1.807) is 6.20 Å². The van der Waals surface area contributed by atoms with Gasteiger partial charge in [-0.05, 0) is 6.26 Å². The number of thioether (sulfide) groups is 1. The monoisotopic (exact) mass is 201 g/mol. The third-order valence-electron chi connectivity index (χ3n) is 1.49. The number of carbonyl (C=O) groups is 1. The normalized spacial score (nSPS) is 9.92. The zero-order valence-electron chi connectivity index (χ0n) is 7.23. The summed E-state index contributed by atoms with van der Waals surface area (Å²) in [7, 11) is 0. The second-order valence-corrected chi connectivity index (χ2v) is 3.11. The molecule has 1 amide bonds. The van der Waals surface area contributed by atoms with E-state index >= 15 is 0 Å². The van der Waals surface area contributed by atoms with E-state index < -0.39 is 6.09 Å². The lowest BCUT2D eigenvalue weighted by Crippen LogP contribution is -2.25. The van der Waals surface area contributed by atoms with Crippen molar-refractivity contribution in [1.29, 1.82) is 0 Å². The standard InChI is InChI=1S/C7H11N3O2S/c1-13-6-8-2-4-10(6)5-3-9-7(11)12/h2,4,9H,3,5H2,1H3,(H,11,12). The first-order valence-corrected chi connectivity index (χ1v) is 4.98. The van der Waals surface area contributed by atoms with Crippen molar-refractivity contribution in [3.05, 3.63) is 12.4 Å². The molecule has 5 nitrogen and oxygen atoms in total. The van der Waals surface area contributed by atoms with Crippen LogP contribution in [0.4, 0.5) is 4.79 Å². The van der Waals surface area contributed by atoms with Crippen LogP contribution in [-0.2, 0) is 6.54 Å². The molecule has 0 unspecified atom stereocenters. The van der Waals surface area contributed by atoms with Gasteiger partial charge in [-0.15, -0.1) is 0 Å². The summed E-state index contributed by atoms with van der Waals surface area (Å²) >= 11 is 1.54. The molecular formula is C7H11N3O2S. The van der Waals surface area contributed by atoms with Crippen LogP contribution in [0.15, 0.2) is 17.6 Å². The Morgan fingerprint density at radius 1 is 1.85 bits per heavy atom. The van der Waals surface area contributed by atoms with Gasteiger partial charge in [0.1, 0.15) is 0 Å². The average Bonchev–Trinajstić information content (AvgIpc) is 2.51. The number of hydrogen-bond acceptors (Lipinski definition) is 3. The largest absolute Gasteiger partial charge is 0.465 e. The van der Waals surface area contributed by atoms with E-state index in [9.17, 15) is 4.79 Å². The van der Waals surface area contributed by atoms with Gasteiger partial charge in [0.25, 0.3) is 0 Å². The second-order valence-electron chi connectivity index (χ2n) is 2.34. The van der Waals surface area contributed by atoms with Gasteiger partial charge in [-0.2, -0.15) is 0 Å². The quantitative estimate of drug-likeness (QED) is 0.709. The highest BCUT2D eigenvalue weighted by Gasteiger charge is 2.00. The molecule has 0 aliphatic carbocycles. The topological polar surface area (TPSA) is 67.2 Å². The first-order valence-electron chi connectivity index (χ1n) is 3.76. The van der Waals surface area contributed by atoms with Crippen molar-refractivity contribution in [2.24, 2.45) is 0 Å². The summed E-state index contributed by atoms with van der Waals surface area (Å²) in [5.74, 6) is 0. The van der Waals surface area contributed by atoms with Crippen molar-refractivity contribution in [2.75, 3.05) is 12.8 Å². The van der Waals surface area contributed by atoms with Crippen LogP contribution in [0.25, 0.3) is 0 Å². The molecule has 1 aromatic heterocycles. The smallest absolute Gasteiger partial charge is 0.404 e. The molecule has 0 atom stereocenters. The number of amides is 1.